The van der Waals surface area contributed by atoms with E-state index in [0.717, 1.165) is 11.4 Å². The van der Waals surface area contributed by atoms with E-state index >= 15 is 0 Å². The van der Waals surface area contributed by atoms with Gasteiger partial charge < -0.3 is 9.30 Å². The average molecular weight is 413 g/mol. The molecule has 2 aromatic heterocycles. The van der Waals surface area contributed by atoms with Crippen molar-refractivity contribution >= 4 is 11.9 Å². The maximum absolute atomic E-state index is 13.9. The van der Waals surface area contributed by atoms with E-state index in [1.807, 2.05) is 17.7 Å². The summed E-state index contributed by atoms with van der Waals surface area (Å²) in [6.45, 7) is 3.37. The molecule has 1 aliphatic heterocycles. The number of imidazole rings is 1. The van der Waals surface area contributed by atoms with Gasteiger partial charge in [0.2, 0.25) is 0 Å². The van der Waals surface area contributed by atoms with Gasteiger partial charge in [0.25, 0.3) is 0 Å². The first-order valence-corrected chi connectivity index (χ1v) is 9.64. The van der Waals surface area contributed by atoms with Crippen molar-refractivity contribution in [3.05, 3.63) is 66.4 Å². The van der Waals surface area contributed by atoms with Gasteiger partial charge in [-0.3, -0.25) is 4.90 Å². The quantitative estimate of drug-likeness (QED) is 0.614. The van der Waals surface area contributed by atoms with E-state index in [1.165, 1.54) is 24.0 Å². The maximum atomic E-state index is 13.9. The number of benzene rings is 1. The molecule has 1 saturated heterocycles. The number of hydrogen-bond acceptors (Lipinski definition) is 5. The van der Waals surface area contributed by atoms with Crippen LogP contribution in [0.5, 0.6) is 0 Å². The second-order valence-corrected chi connectivity index (χ2v) is 7.31. The van der Waals surface area contributed by atoms with Gasteiger partial charge in [-0.2, -0.15) is 0 Å². The molecule has 3 atom stereocenters. The summed E-state index contributed by atoms with van der Waals surface area (Å²) in [5.41, 5.74) is 1.63. The number of anilines is 1. The highest BCUT2D eigenvalue weighted by atomic mass is 19.1. The number of alkyl halides is 1. The molecule has 156 valence electrons. The summed E-state index contributed by atoms with van der Waals surface area (Å²) in [5.74, 6) is 0.529. The van der Waals surface area contributed by atoms with Crippen LogP contribution in [-0.4, -0.2) is 44.4 Å². The number of halogens is 2. The Kier molecular flexibility index (Phi) is 5.43. The Bertz CT molecular complexity index is 1040. The van der Waals surface area contributed by atoms with Gasteiger partial charge in [-0.15, -0.1) is 0 Å². The lowest BCUT2D eigenvalue weighted by Gasteiger charge is -2.21. The number of carbonyl (C=O) groups excluding carboxylic acids is 1. The molecule has 7 nitrogen and oxygen atoms in total. The molecule has 1 amide bonds. The molecule has 1 fully saturated rings. The first-order valence-electron chi connectivity index (χ1n) is 9.64. The van der Waals surface area contributed by atoms with Crippen molar-refractivity contribution in [3.8, 4) is 5.69 Å². The molecule has 9 heteroatoms. The second-order valence-electron chi connectivity index (χ2n) is 7.31. The highest BCUT2D eigenvalue weighted by molar-refractivity contribution is 5.89. The van der Waals surface area contributed by atoms with E-state index in [-0.39, 0.29) is 18.3 Å². The third-order valence-corrected chi connectivity index (χ3v) is 5.09. The third kappa shape index (κ3) is 4.00. The van der Waals surface area contributed by atoms with Gasteiger partial charge in [-0.05, 0) is 37.3 Å². The zero-order valence-corrected chi connectivity index (χ0v) is 16.6. The molecule has 30 heavy (non-hydrogen) atoms. The number of ether oxygens (including phenoxy) is 1. The topological polar surface area (TPSA) is 73.1 Å². The van der Waals surface area contributed by atoms with Crippen molar-refractivity contribution in [2.75, 3.05) is 11.5 Å². The van der Waals surface area contributed by atoms with Crippen LogP contribution in [0.15, 0.2) is 49.1 Å². The van der Waals surface area contributed by atoms with Gasteiger partial charge >= 0.3 is 6.09 Å². The van der Waals surface area contributed by atoms with E-state index in [9.17, 15) is 13.6 Å². The molecule has 0 radical (unpaired) electrons. The molecule has 3 aromatic rings. The lowest BCUT2D eigenvalue weighted by molar-refractivity contribution is 0.174. The minimum atomic E-state index is -1.25. The van der Waals surface area contributed by atoms with E-state index in [4.69, 9.17) is 4.74 Å². The van der Waals surface area contributed by atoms with Crippen LogP contribution in [0.1, 0.15) is 31.3 Å². The monoisotopic (exact) mass is 413 g/mol. The predicted octanol–water partition coefficient (Wildman–Crippen LogP) is 3.83. The summed E-state index contributed by atoms with van der Waals surface area (Å²) in [5, 5.41) is 0. The summed E-state index contributed by atoms with van der Waals surface area (Å²) in [6, 6.07) is 7.01. The summed E-state index contributed by atoms with van der Waals surface area (Å²) in [7, 11) is 0. The molecule has 1 aromatic carbocycles. The van der Waals surface area contributed by atoms with E-state index < -0.39 is 18.3 Å². The van der Waals surface area contributed by atoms with E-state index in [2.05, 4.69) is 15.0 Å². The molecular formula is C21H21F2N5O2. The van der Waals surface area contributed by atoms with Crippen LogP contribution < -0.4 is 4.90 Å². The molecule has 0 N–H and O–H groups in total. The molecule has 0 saturated carbocycles. The van der Waals surface area contributed by atoms with Crippen molar-refractivity contribution in [1.29, 1.82) is 0 Å². The minimum absolute atomic E-state index is 0.00689. The van der Waals surface area contributed by atoms with E-state index in [1.54, 1.807) is 30.7 Å². The molecule has 4 rings (SSSR count). The summed E-state index contributed by atoms with van der Waals surface area (Å²) in [4.78, 5) is 26.5. The van der Waals surface area contributed by atoms with Gasteiger partial charge in [0.05, 0.1) is 12.0 Å². The van der Waals surface area contributed by atoms with Gasteiger partial charge in [-0.1, -0.05) is 6.92 Å². The van der Waals surface area contributed by atoms with Crippen LogP contribution in [0.2, 0.25) is 0 Å². The SMILES string of the molecule is C[C@H](Cc1nccc(N2C(=O)OC[C@@H]2[C@H](C)F)n1)c1cn(-c2ccc(F)cc2)cn1. The highest BCUT2D eigenvalue weighted by Crippen LogP contribution is 2.25. The first-order chi connectivity index (χ1) is 14.4. The standard InChI is InChI=1S/C21H21F2N5O2/c1-13(17-10-27(12-25-17)16-5-3-15(23)4-6-16)9-19-24-8-7-20(26-19)28-18(14(2)22)11-30-21(28)29/h3-8,10,12-14,18H,9,11H2,1-2H3/t13-,14+,18-/m1/s1. The largest absolute Gasteiger partial charge is 0.447 e. The number of aromatic nitrogens is 4. The summed E-state index contributed by atoms with van der Waals surface area (Å²) < 4.78 is 33.8. The lowest BCUT2D eigenvalue weighted by Crippen LogP contribution is -2.39. The average Bonchev–Trinajstić information content (AvgIpc) is 3.36. The zero-order valence-electron chi connectivity index (χ0n) is 16.6. The summed E-state index contributed by atoms with van der Waals surface area (Å²) in [6.07, 6.45) is 3.72. The number of carbonyl (C=O) groups is 1. The number of cyclic esters (lactones) is 1. The van der Waals surface area contributed by atoms with Crippen LogP contribution in [0.4, 0.5) is 19.4 Å². The van der Waals surface area contributed by atoms with Crippen molar-refractivity contribution in [2.45, 2.75) is 38.4 Å². The molecule has 3 heterocycles. The third-order valence-electron chi connectivity index (χ3n) is 5.09. The Morgan fingerprint density at radius 3 is 2.70 bits per heavy atom. The Labute approximate surface area is 172 Å². The Hall–Kier alpha value is -3.36. The maximum Gasteiger partial charge on any atom is 0.416 e. The number of nitrogens with zero attached hydrogens (tertiary/aromatic N) is 5. The van der Waals surface area contributed by atoms with Gasteiger partial charge in [0.1, 0.15) is 36.3 Å². The Morgan fingerprint density at radius 1 is 1.20 bits per heavy atom. The first kappa shape index (κ1) is 19.9. The molecule has 0 spiro atoms. The van der Waals surface area contributed by atoms with Crippen LogP contribution >= 0.6 is 0 Å². The fraction of sp³-hybridized carbons (Fsp3) is 0.333. The number of amides is 1. The van der Waals surface area contributed by atoms with Gasteiger partial charge in [0, 0.05) is 30.4 Å². The van der Waals surface area contributed by atoms with Crippen LogP contribution in [0.25, 0.3) is 5.69 Å². The van der Waals surface area contributed by atoms with Crippen LogP contribution in [0.3, 0.4) is 0 Å². The number of hydrogen-bond donors (Lipinski definition) is 0. The molecular weight excluding hydrogens is 392 g/mol. The van der Waals surface area contributed by atoms with Crippen molar-refractivity contribution in [3.63, 3.8) is 0 Å². The highest BCUT2D eigenvalue weighted by Gasteiger charge is 2.39. The van der Waals surface area contributed by atoms with Crippen LogP contribution in [-0.2, 0) is 11.2 Å². The fourth-order valence-corrected chi connectivity index (χ4v) is 3.38. The fourth-order valence-electron chi connectivity index (χ4n) is 3.38. The second kappa shape index (κ2) is 8.17. The molecule has 0 aliphatic carbocycles. The predicted molar refractivity (Wildman–Crippen MR) is 106 cm³/mol. The van der Waals surface area contributed by atoms with E-state index in [0.29, 0.717) is 18.1 Å². The van der Waals surface area contributed by atoms with Crippen molar-refractivity contribution in [2.24, 2.45) is 0 Å². The van der Waals surface area contributed by atoms with Crippen LogP contribution in [0, 0.1) is 5.82 Å². The Balaban J connectivity index is 1.50. The van der Waals surface area contributed by atoms with Gasteiger partial charge in [-0.25, -0.2) is 28.5 Å². The molecule has 1 aliphatic rings. The van der Waals surface area contributed by atoms with Crippen molar-refractivity contribution in [1.82, 2.24) is 19.5 Å². The molecule has 0 unspecified atom stereocenters. The normalized spacial score (nSPS) is 18.3. The minimum Gasteiger partial charge on any atom is -0.447 e. The lowest BCUT2D eigenvalue weighted by atomic mass is 10.0. The summed E-state index contributed by atoms with van der Waals surface area (Å²) >= 11 is 0. The molecule has 0 bridgehead atoms. The zero-order chi connectivity index (χ0) is 21.3. The van der Waals surface area contributed by atoms with Gasteiger partial charge in [0.15, 0.2) is 0 Å². The van der Waals surface area contributed by atoms with Crippen molar-refractivity contribution < 1.29 is 18.3 Å². The number of rotatable bonds is 6. The Morgan fingerprint density at radius 2 is 1.97 bits per heavy atom. The smallest absolute Gasteiger partial charge is 0.416 e.